The van der Waals surface area contributed by atoms with Gasteiger partial charge in [0.15, 0.2) is 0 Å². The number of hydrogen-bond donors (Lipinski definition) is 0. The number of carbonyl (C=O) groups is 2. The topological polar surface area (TPSA) is 52.6 Å². The average molecular weight is 507 g/mol. The SMILES string of the molecule is CCCCCCCCC(=O)Oc1ccc(-c2ccc(C(=O)OCC(Cl)Cc3ccccc3)cc2)cc1. The molecule has 0 spiro atoms. The highest BCUT2D eigenvalue weighted by atomic mass is 35.5. The van der Waals surface area contributed by atoms with Gasteiger partial charge in [-0.2, -0.15) is 0 Å². The summed E-state index contributed by atoms with van der Waals surface area (Å²) in [5.41, 5.74) is 3.50. The van der Waals surface area contributed by atoms with Gasteiger partial charge >= 0.3 is 11.9 Å². The van der Waals surface area contributed by atoms with Crippen molar-refractivity contribution in [3.05, 3.63) is 90.0 Å². The van der Waals surface area contributed by atoms with E-state index in [4.69, 9.17) is 21.1 Å². The summed E-state index contributed by atoms with van der Waals surface area (Å²) in [5, 5.41) is -0.283. The first kappa shape index (κ1) is 27.5. The quantitative estimate of drug-likeness (QED) is 0.0961. The van der Waals surface area contributed by atoms with E-state index in [0.717, 1.165) is 29.5 Å². The van der Waals surface area contributed by atoms with Crippen molar-refractivity contribution < 1.29 is 19.1 Å². The second kappa shape index (κ2) is 15.1. The van der Waals surface area contributed by atoms with Gasteiger partial charge in [-0.15, -0.1) is 11.6 Å². The number of rotatable bonds is 14. The van der Waals surface area contributed by atoms with E-state index in [0.29, 0.717) is 24.2 Å². The summed E-state index contributed by atoms with van der Waals surface area (Å²) in [6, 6.07) is 24.5. The minimum Gasteiger partial charge on any atom is -0.461 e. The van der Waals surface area contributed by atoms with E-state index in [1.165, 1.54) is 25.7 Å². The van der Waals surface area contributed by atoms with Crippen LogP contribution in [-0.2, 0) is 16.0 Å². The molecule has 0 fully saturated rings. The third-order valence-electron chi connectivity index (χ3n) is 5.97. The molecular formula is C31H35ClO4. The third-order valence-corrected chi connectivity index (χ3v) is 6.25. The lowest BCUT2D eigenvalue weighted by Crippen LogP contribution is -2.16. The van der Waals surface area contributed by atoms with E-state index >= 15 is 0 Å². The molecule has 0 N–H and O–H groups in total. The Bertz CT molecular complexity index is 1060. The third kappa shape index (κ3) is 9.50. The van der Waals surface area contributed by atoms with Crippen LogP contribution in [0, 0.1) is 0 Å². The summed E-state index contributed by atoms with van der Waals surface area (Å²) in [6.45, 7) is 2.34. The molecule has 0 bridgehead atoms. The van der Waals surface area contributed by atoms with Crippen molar-refractivity contribution >= 4 is 23.5 Å². The van der Waals surface area contributed by atoms with Crippen LogP contribution in [0.25, 0.3) is 11.1 Å². The number of hydrogen-bond acceptors (Lipinski definition) is 4. The zero-order valence-electron chi connectivity index (χ0n) is 21.0. The van der Waals surface area contributed by atoms with Gasteiger partial charge in [0.1, 0.15) is 12.4 Å². The molecule has 36 heavy (non-hydrogen) atoms. The van der Waals surface area contributed by atoms with Crippen molar-refractivity contribution in [1.82, 2.24) is 0 Å². The zero-order valence-corrected chi connectivity index (χ0v) is 21.7. The van der Waals surface area contributed by atoms with E-state index in [2.05, 4.69) is 6.92 Å². The molecular weight excluding hydrogens is 472 g/mol. The van der Waals surface area contributed by atoms with Gasteiger partial charge in [0.25, 0.3) is 0 Å². The van der Waals surface area contributed by atoms with Crippen LogP contribution in [0.2, 0.25) is 0 Å². The largest absolute Gasteiger partial charge is 0.461 e. The van der Waals surface area contributed by atoms with Crippen molar-refractivity contribution in [3.63, 3.8) is 0 Å². The van der Waals surface area contributed by atoms with Crippen LogP contribution in [0.4, 0.5) is 0 Å². The molecule has 190 valence electrons. The van der Waals surface area contributed by atoms with Crippen LogP contribution in [0.5, 0.6) is 5.75 Å². The molecule has 0 amide bonds. The number of alkyl halides is 1. The number of esters is 2. The first-order valence-corrected chi connectivity index (χ1v) is 13.2. The Morgan fingerprint density at radius 3 is 2.06 bits per heavy atom. The lowest BCUT2D eigenvalue weighted by molar-refractivity contribution is -0.134. The molecule has 0 saturated heterocycles. The molecule has 1 unspecified atom stereocenters. The number of unbranched alkanes of at least 4 members (excludes halogenated alkanes) is 5. The highest BCUT2D eigenvalue weighted by Crippen LogP contribution is 2.23. The van der Waals surface area contributed by atoms with Gasteiger partial charge in [0.05, 0.1) is 10.9 Å². The van der Waals surface area contributed by atoms with Gasteiger partial charge in [0, 0.05) is 6.42 Å². The van der Waals surface area contributed by atoms with Crippen LogP contribution in [0.3, 0.4) is 0 Å². The van der Waals surface area contributed by atoms with Gasteiger partial charge in [0.2, 0.25) is 0 Å². The standard InChI is InChI=1S/C31H35ClO4/c1-2-3-4-5-6-10-13-30(33)36-29-20-18-26(19-21-29)25-14-16-27(17-15-25)31(34)35-23-28(32)22-24-11-8-7-9-12-24/h7-9,11-12,14-21,28H,2-6,10,13,22-23H2,1H3. The Labute approximate surface area is 219 Å². The number of benzene rings is 3. The number of carbonyl (C=O) groups excluding carboxylic acids is 2. The number of halogens is 1. The second-order valence-corrected chi connectivity index (χ2v) is 9.60. The molecule has 4 nitrogen and oxygen atoms in total. The summed E-state index contributed by atoms with van der Waals surface area (Å²) in [5.74, 6) is -0.0435. The normalized spacial score (nSPS) is 11.6. The van der Waals surface area contributed by atoms with E-state index in [1.54, 1.807) is 24.3 Å². The molecule has 0 aromatic heterocycles. The maximum atomic E-state index is 12.4. The van der Waals surface area contributed by atoms with Gasteiger partial charge in [-0.25, -0.2) is 4.79 Å². The fourth-order valence-electron chi connectivity index (χ4n) is 3.92. The van der Waals surface area contributed by atoms with Crippen molar-refractivity contribution in [2.24, 2.45) is 0 Å². The Morgan fingerprint density at radius 1 is 0.778 bits per heavy atom. The molecule has 0 aliphatic carbocycles. The van der Waals surface area contributed by atoms with E-state index in [1.807, 2.05) is 54.6 Å². The smallest absolute Gasteiger partial charge is 0.338 e. The minimum absolute atomic E-state index is 0.149. The summed E-state index contributed by atoms with van der Waals surface area (Å²) in [6.07, 6.45) is 7.91. The molecule has 0 aliphatic heterocycles. The summed E-state index contributed by atoms with van der Waals surface area (Å²) in [4.78, 5) is 24.5. The van der Waals surface area contributed by atoms with Crippen molar-refractivity contribution in [1.29, 1.82) is 0 Å². The van der Waals surface area contributed by atoms with Gasteiger partial charge in [-0.05, 0) is 53.8 Å². The Morgan fingerprint density at radius 2 is 1.39 bits per heavy atom. The fraction of sp³-hybridized carbons (Fsp3) is 0.355. The monoisotopic (exact) mass is 506 g/mol. The van der Waals surface area contributed by atoms with Crippen molar-refractivity contribution in [2.45, 2.75) is 63.7 Å². The van der Waals surface area contributed by atoms with Gasteiger partial charge < -0.3 is 9.47 Å². The van der Waals surface area contributed by atoms with Crippen LogP contribution < -0.4 is 4.74 Å². The van der Waals surface area contributed by atoms with E-state index in [9.17, 15) is 9.59 Å². The summed E-state index contributed by atoms with van der Waals surface area (Å²) < 4.78 is 10.8. The zero-order chi connectivity index (χ0) is 25.6. The van der Waals surface area contributed by atoms with Crippen LogP contribution in [0.15, 0.2) is 78.9 Å². The minimum atomic E-state index is -0.395. The van der Waals surface area contributed by atoms with Crippen LogP contribution in [0.1, 0.15) is 67.8 Å². The van der Waals surface area contributed by atoms with Gasteiger partial charge in [-0.3, -0.25) is 4.79 Å². The van der Waals surface area contributed by atoms with Crippen molar-refractivity contribution in [2.75, 3.05) is 6.61 Å². The highest BCUT2D eigenvalue weighted by Gasteiger charge is 2.12. The second-order valence-electron chi connectivity index (χ2n) is 8.98. The molecule has 0 radical (unpaired) electrons. The average Bonchev–Trinajstić information content (AvgIpc) is 2.90. The van der Waals surface area contributed by atoms with Crippen LogP contribution >= 0.6 is 11.6 Å². The van der Waals surface area contributed by atoms with Gasteiger partial charge in [-0.1, -0.05) is 93.6 Å². The lowest BCUT2D eigenvalue weighted by atomic mass is 10.0. The molecule has 5 heteroatoms. The molecule has 3 aromatic rings. The molecule has 1 atom stereocenters. The molecule has 0 heterocycles. The van der Waals surface area contributed by atoms with Crippen molar-refractivity contribution in [3.8, 4) is 16.9 Å². The molecule has 3 rings (SSSR count). The lowest BCUT2D eigenvalue weighted by Gasteiger charge is -2.11. The van der Waals surface area contributed by atoms with E-state index in [-0.39, 0.29) is 18.0 Å². The molecule has 3 aromatic carbocycles. The maximum absolute atomic E-state index is 12.4. The first-order valence-electron chi connectivity index (χ1n) is 12.8. The van der Waals surface area contributed by atoms with E-state index < -0.39 is 5.97 Å². The maximum Gasteiger partial charge on any atom is 0.338 e. The molecule has 0 saturated carbocycles. The first-order chi connectivity index (χ1) is 17.5. The fourth-order valence-corrected chi connectivity index (χ4v) is 4.17. The predicted molar refractivity (Wildman–Crippen MR) is 146 cm³/mol. The summed E-state index contributed by atoms with van der Waals surface area (Å²) >= 11 is 6.34. The molecule has 0 aliphatic rings. The summed E-state index contributed by atoms with van der Waals surface area (Å²) in [7, 11) is 0. The Hall–Kier alpha value is -3.11. The highest BCUT2D eigenvalue weighted by molar-refractivity contribution is 6.20. The van der Waals surface area contributed by atoms with Crippen LogP contribution in [-0.4, -0.2) is 23.9 Å². The number of ether oxygens (including phenoxy) is 2. The Kier molecular flexibility index (Phi) is 11.5. The Balaban J connectivity index is 1.43. The predicted octanol–water partition coefficient (Wildman–Crippen LogP) is 8.02.